The Morgan fingerprint density at radius 1 is 1.15 bits per heavy atom. The van der Waals surface area contributed by atoms with Crippen LogP contribution in [0.2, 0.25) is 0 Å². The van der Waals surface area contributed by atoms with E-state index in [1.807, 2.05) is 50.5 Å². The van der Waals surface area contributed by atoms with Crippen molar-refractivity contribution in [3.8, 4) is 5.69 Å². The molecule has 33 heavy (non-hydrogen) atoms. The van der Waals surface area contributed by atoms with Crippen LogP contribution in [0.3, 0.4) is 0 Å². The number of aryl methyl sites for hydroxylation is 3. The lowest BCUT2D eigenvalue weighted by molar-refractivity contribution is 0.0697. The molecule has 0 radical (unpaired) electrons. The van der Waals surface area contributed by atoms with Gasteiger partial charge in [-0.2, -0.15) is 9.78 Å². The molecule has 2 aromatic carbocycles. The van der Waals surface area contributed by atoms with Crippen molar-refractivity contribution in [2.75, 3.05) is 0 Å². The molecule has 4 aromatic rings. The van der Waals surface area contributed by atoms with E-state index in [0.29, 0.717) is 23.1 Å². The summed E-state index contributed by atoms with van der Waals surface area (Å²) in [6, 6.07) is 12.5. The summed E-state index contributed by atoms with van der Waals surface area (Å²) < 4.78 is 4.15. The van der Waals surface area contributed by atoms with Crippen LogP contribution in [0.25, 0.3) is 16.6 Å². The Morgan fingerprint density at radius 3 is 2.61 bits per heavy atom. The van der Waals surface area contributed by atoms with Gasteiger partial charge in [0.25, 0.3) is 5.56 Å². The first kappa shape index (κ1) is 22.7. The third kappa shape index (κ3) is 4.14. The van der Waals surface area contributed by atoms with Crippen LogP contribution in [0.5, 0.6) is 0 Å². The summed E-state index contributed by atoms with van der Waals surface area (Å²) in [6.45, 7) is 7.78. The van der Waals surface area contributed by atoms with E-state index in [1.54, 1.807) is 30.5 Å². The first-order valence-corrected chi connectivity index (χ1v) is 11.3. The molecule has 168 valence electrons. The average molecular weight is 507 g/mol. The predicted molar refractivity (Wildman–Crippen MR) is 133 cm³/mol. The van der Waals surface area contributed by atoms with Gasteiger partial charge in [0.1, 0.15) is 5.82 Å². The van der Waals surface area contributed by atoms with Gasteiger partial charge in [0, 0.05) is 33.5 Å². The molecule has 1 N–H and O–H groups in total. The Balaban J connectivity index is 1.83. The average Bonchev–Trinajstić information content (AvgIpc) is 3.06. The maximum Gasteiger partial charge on any atom is 0.335 e. The summed E-state index contributed by atoms with van der Waals surface area (Å²) >= 11 is 3.41. The van der Waals surface area contributed by atoms with Gasteiger partial charge in [-0.1, -0.05) is 28.9 Å². The second kappa shape index (κ2) is 8.78. The lowest BCUT2D eigenvalue weighted by atomic mass is 10.1. The standard InChI is InChI=1S/C25H23BrN4O3/c1-5-23-28-21-9-8-19(26)12-20(21)24(31)30(23)27-13-18-10-15(3)29(16(18)4)22-11-17(25(32)33)7-6-14(22)2/h6-13H,5H2,1-4H3,(H,32,33). The van der Waals surface area contributed by atoms with Gasteiger partial charge in [0.05, 0.1) is 22.7 Å². The molecule has 7 nitrogen and oxygen atoms in total. The number of fused-ring (bicyclic) bond motifs is 1. The number of halogens is 1. The van der Waals surface area contributed by atoms with Gasteiger partial charge in [-0.3, -0.25) is 4.79 Å². The molecule has 0 aliphatic rings. The van der Waals surface area contributed by atoms with Crippen molar-refractivity contribution < 1.29 is 9.90 Å². The second-order valence-electron chi connectivity index (χ2n) is 7.87. The van der Waals surface area contributed by atoms with E-state index in [-0.39, 0.29) is 11.1 Å². The van der Waals surface area contributed by atoms with Crippen LogP contribution in [-0.4, -0.2) is 31.5 Å². The van der Waals surface area contributed by atoms with E-state index in [1.165, 1.54) is 4.68 Å². The van der Waals surface area contributed by atoms with E-state index in [4.69, 9.17) is 0 Å². The lowest BCUT2D eigenvalue weighted by Gasteiger charge is -2.13. The minimum atomic E-state index is -0.970. The van der Waals surface area contributed by atoms with Crippen molar-refractivity contribution in [1.82, 2.24) is 14.2 Å². The van der Waals surface area contributed by atoms with Crippen molar-refractivity contribution in [2.24, 2.45) is 5.10 Å². The van der Waals surface area contributed by atoms with E-state index in [2.05, 4.69) is 26.0 Å². The van der Waals surface area contributed by atoms with Crippen molar-refractivity contribution in [3.63, 3.8) is 0 Å². The summed E-state index contributed by atoms with van der Waals surface area (Å²) in [4.78, 5) is 29.2. The number of benzene rings is 2. The number of carboxylic acids is 1. The smallest absolute Gasteiger partial charge is 0.335 e. The van der Waals surface area contributed by atoms with Crippen molar-refractivity contribution in [1.29, 1.82) is 0 Å². The van der Waals surface area contributed by atoms with Crippen LogP contribution in [0.4, 0.5) is 0 Å². The summed E-state index contributed by atoms with van der Waals surface area (Å²) in [5.41, 5.74) is 5.05. The number of aromatic nitrogens is 3. The van der Waals surface area contributed by atoms with E-state index >= 15 is 0 Å². The molecule has 2 aromatic heterocycles. The van der Waals surface area contributed by atoms with Crippen LogP contribution in [0, 0.1) is 20.8 Å². The van der Waals surface area contributed by atoms with Crippen LogP contribution in [0.1, 0.15) is 45.6 Å². The number of carbonyl (C=O) groups is 1. The Morgan fingerprint density at radius 2 is 1.91 bits per heavy atom. The van der Waals surface area contributed by atoms with Gasteiger partial charge in [0.15, 0.2) is 0 Å². The third-order valence-corrected chi connectivity index (χ3v) is 6.16. The Hall–Kier alpha value is -3.52. The second-order valence-corrected chi connectivity index (χ2v) is 8.79. The molecule has 0 fully saturated rings. The molecule has 8 heteroatoms. The van der Waals surface area contributed by atoms with E-state index in [9.17, 15) is 14.7 Å². The quantitative estimate of drug-likeness (QED) is 0.385. The highest BCUT2D eigenvalue weighted by Gasteiger charge is 2.15. The van der Waals surface area contributed by atoms with Crippen molar-refractivity contribution in [2.45, 2.75) is 34.1 Å². The summed E-state index contributed by atoms with van der Waals surface area (Å²) in [5.74, 6) is -0.396. The zero-order chi connectivity index (χ0) is 23.9. The highest BCUT2D eigenvalue weighted by molar-refractivity contribution is 9.10. The van der Waals surface area contributed by atoms with Gasteiger partial charge < -0.3 is 9.67 Å². The zero-order valence-electron chi connectivity index (χ0n) is 18.8. The van der Waals surface area contributed by atoms with E-state index < -0.39 is 5.97 Å². The minimum absolute atomic E-state index is 0.228. The predicted octanol–water partition coefficient (Wildman–Crippen LogP) is 5.02. The van der Waals surface area contributed by atoms with Crippen molar-refractivity contribution in [3.05, 3.63) is 91.2 Å². The molecule has 0 aliphatic heterocycles. The molecular formula is C25H23BrN4O3. The number of aromatic carboxylic acids is 1. The summed E-state index contributed by atoms with van der Waals surface area (Å²) in [6.07, 6.45) is 2.21. The first-order valence-electron chi connectivity index (χ1n) is 10.5. The largest absolute Gasteiger partial charge is 0.478 e. The maximum atomic E-state index is 13.1. The topological polar surface area (TPSA) is 89.5 Å². The number of nitrogens with zero attached hydrogens (tertiary/aromatic N) is 4. The van der Waals surface area contributed by atoms with Crippen LogP contribution < -0.4 is 5.56 Å². The van der Waals surface area contributed by atoms with Gasteiger partial charge in [-0.15, -0.1) is 0 Å². The Labute approximate surface area is 199 Å². The fourth-order valence-electron chi connectivity index (χ4n) is 3.93. The van der Waals surface area contributed by atoms with Gasteiger partial charge in [-0.25, -0.2) is 9.78 Å². The Kier molecular flexibility index (Phi) is 6.03. The highest BCUT2D eigenvalue weighted by atomic mass is 79.9. The maximum absolute atomic E-state index is 13.1. The van der Waals surface area contributed by atoms with Gasteiger partial charge >= 0.3 is 5.97 Å². The lowest BCUT2D eigenvalue weighted by Crippen LogP contribution is -2.22. The Bertz CT molecular complexity index is 1500. The summed E-state index contributed by atoms with van der Waals surface area (Å²) in [7, 11) is 0. The third-order valence-electron chi connectivity index (χ3n) is 5.67. The number of hydrogen-bond acceptors (Lipinski definition) is 4. The summed E-state index contributed by atoms with van der Waals surface area (Å²) in [5, 5.41) is 14.4. The van der Waals surface area contributed by atoms with Crippen LogP contribution >= 0.6 is 15.9 Å². The fraction of sp³-hybridized carbons (Fsp3) is 0.200. The van der Waals surface area contributed by atoms with Crippen LogP contribution in [0.15, 0.2) is 56.8 Å². The van der Waals surface area contributed by atoms with E-state index in [0.717, 1.165) is 32.7 Å². The van der Waals surface area contributed by atoms with Crippen LogP contribution in [-0.2, 0) is 6.42 Å². The monoisotopic (exact) mass is 506 g/mol. The molecule has 0 unspecified atom stereocenters. The highest BCUT2D eigenvalue weighted by Crippen LogP contribution is 2.24. The minimum Gasteiger partial charge on any atom is -0.478 e. The SMILES string of the molecule is CCc1nc2ccc(Br)cc2c(=O)n1N=Cc1cc(C)n(-c2cc(C(=O)O)ccc2C)c1C. The number of rotatable bonds is 5. The molecule has 0 amide bonds. The molecule has 0 saturated carbocycles. The number of carboxylic acid groups (broad SMARTS) is 1. The molecule has 0 atom stereocenters. The molecule has 0 spiro atoms. The molecule has 0 saturated heterocycles. The number of hydrogen-bond donors (Lipinski definition) is 1. The van der Waals surface area contributed by atoms with Gasteiger partial charge in [-0.05, 0) is 62.7 Å². The van der Waals surface area contributed by atoms with Crippen molar-refractivity contribution >= 4 is 39.0 Å². The molecule has 0 aliphatic carbocycles. The molecule has 4 rings (SSSR count). The molecule has 2 heterocycles. The fourth-order valence-corrected chi connectivity index (χ4v) is 4.30. The molecular weight excluding hydrogens is 484 g/mol. The van der Waals surface area contributed by atoms with Gasteiger partial charge in [0.2, 0.25) is 0 Å². The zero-order valence-corrected chi connectivity index (χ0v) is 20.3. The normalized spacial score (nSPS) is 11.5. The first-order chi connectivity index (χ1) is 15.7. The molecule has 0 bridgehead atoms.